The number of carbonyl (C=O) groups excluding carboxylic acids is 2. The van der Waals surface area contributed by atoms with E-state index in [4.69, 9.17) is 4.74 Å². The first-order chi connectivity index (χ1) is 15.2. The first-order valence-corrected chi connectivity index (χ1v) is 9.82. The molecule has 2 aromatic heterocycles. The standard InChI is InChI=1S/C23H21N5O3/c29-22(17-6-3-7-18(13-17)31-15-16-5-4-10-24-14-16)25-11-12-26-23(30)21-19-8-1-2-9-20(19)27-28-21/h1-10,13-14H,11-12,15H2,(H,25,29)(H,26,30)(H,27,28). The molecule has 3 N–H and O–H groups in total. The summed E-state index contributed by atoms with van der Waals surface area (Å²) in [6, 6.07) is 18.1. The lowest BCUT2D eigenvalue weighted by Crippen LogP contribution is -2.34. The van der Waals surface area contributed by atoms with Crippen LogP contribution in [0.2, 0.25) is 0 Å². The molecule has 4 rings (SSSR count). The molecule has 0 atom stereocenters. The third kappa shape index (κ3) is 5.05. The van der Waals surface area contributed by atoms with Crippen molar-refractivity contribution in [3.63, 3.8) is 0 Å². The van der Waals surface area contributed by atoms with E-state index in [1.54, 1.807) is 36.7 Å². The maximum absolute atomic E-state index is 12.4. The largest absolute Gasteiger partial charge is 0.489 e. The first kappa shape index (κ1) is 20.1. The van der Waals surface area contributed by atoms with E-state index in [1.165, 1.54) is 0 Å². The molecule has 0 aliphatic carbocycles. The summed E-state index contributed by atoms with van der Waals surface area (Å²) in [5, 5.41) is 13.2. The van der Waals surface area contributed by atoms with Crippen molar-refractivity contribution in [1.29, 1.82) is 0 Å². The molecule has 0 saturated carbocycles. The molecule has 0 radical (unpaired) electrons. The smallest absolute Gasteiger partial charge is 0.272 e. The Morgan fingerprint density at radius 1 is 0.935 bits per heavy atom. The minimum absolute atomic E-state index is 0.244. The minimum atomic E-state index is -0.294. The van der Waals surface area contributed by atoms with Crippen LogP contribution in [0, 0.1) is 0 Å². The predicted molar refractivity (Wildman–Crippen MR) is 116 cm³/mol. The van der Waals surface area contributed by atoms with Gasteiger partial charge >= 0.3 is 0 Å². The number of nitrogens with zero attached hydrogens (tertiary/aromatic N) is 2. The molecule has 0 aliphatic heterocycles. The maximum atomic E-state index is 12.4. The van der Waals surface area contributed by atoms with Crippen molar-refractivity contribution in [2.45, 2.75) is 6.61 Å². The third-order valence-electron chi connectivity index (χ3n) is 4.61. The number of fused-ring (bicyclic) bond motifs is 1. The highest BCUT2D eigenvalue weighted by atomic mass is 16.5. The van der Waals surface area contributed by atoms with E-state index >= 15 is 0 Å². The SMILES string of the molecule is O=C(NCCNC(=O)c1n[nH]c2ccccc12)c1cccc(OCc2cccnc2)c1. The van der Waals surface area contributed by atoms with Crippen molar-refractivity contribution in [3.05, 3.63) is 89.9 Å². The van der Waals surface area contributed by atoms with Gasteiger partial charge in [-0.1, -0.05) is 30.3 Å². The van der Waals surface area contributed by atoms with Gasteiger partial charge in [-0.3, -0.25) is 19.7 Å². The van der Waals surface area contributed by atoms with Gasteiger partial charge in [-0.25, -0.2) is 0 Å². The van der Waals surface area contributed by atoms with Crippen molar-refractivity contribution in [2.24, 2.45) is 0 Å². The summed E-state index contributed by atoms with van der Waals surface area (Å²) in [7, 11) is 0. The Balaban J connectivity index is 1.25. The number of hydrogen-bond acceptors (Lipinski definition) is 5. The molecule has 2 amide bonds. The fraction of sp³-hybridized carbons (Fsp3) is 0.130. The number of aromatic nitrogens is 3. The Kier molecular flexibility index (Phi) is 6.18. The summed E-state index contributed by atoms with van der Waals surface area (Å²) in [6.07, 6.45) is 3.44. The van der Waals surface area contributed by atoms with Gasteiger partial charge in [0.2, 0.25) is 0 Å². The summed E-state index contributed by atoms with van der Waals surface area (Å²) in [5.74, 6) is 0.0546. The van der Waals surface area contributed by atoms with Gasteiger partial charge in [-0.2, -0.15) is 5.10 Å². The van der Waals surface area contributed by atoms with Crippen LogP contribution in [-0.2, 0) is 6.61 Å². The number of pyridine rings is 1. The molecule has 0 unspecified atom stereocenters. The molecule has 2 heterocycles. The third-order valence-corrected chi connectivity index (χ3v) is 4.61. The van der Waals surface area contributed by atoms with Crippen LogP contribution in [0.1, 0.15) is 26.4 Å². The molecule has 0 spiro atoms. The second kappa shape index (κ2) is 9.53. The molecule has 0 fully saturated rings. The van der Waals surface area contributed by atoms with Gasteiger partial charge < -0.3 is 15.4 Å². The summed E-state index contributed by atoms with van der Waals surface area (Å²) in [5.41, 5.74) is 2.55. The number of hydrogen-bond donors (Lipinski definition) is 3. The summed E-state index contributed by atoms with van der Waals surface area (Å²) in [4.78, 5) is 28.8. The van der Waals surface area contributed by atoms with E-state index in [2.05, 4.69) is 25.8 Å². The van der Waals surface area contributed by atoms with E-state index < -0.39 is 0 Å². The van der Waals surface area contributed by atoms with E-state index in [9.17, 15) is 9.59 Å². The van der Waals surface area contributed by atoms with Gasteiger partial charge in [0.15, 0.2) is 5.69 Å². The normalized spacial score (nSPS) is 10.6. The molecule has 8 nitrogen and oxygen atoms in total. The number of benzene rings is 2. The van der Waals surface area contributed by atoms with E-state index in [0.717, 1.165) is 16.5 Å². The average Bonchev–Trinajstić information content (AvgIpc) is 3.25. The van der Waals surface area contributed by atoms with Crippen molar-refractivity contribution < 1.29 is 14.3 Å². The Bertz CT molecular complexity index is 1190. The van der Waals surface area contributed by atoms with Crippen LogP contribution >= 0.6 is 0 Å². The zero-order valence-electron chi connectivity index (χ0n) is 16.7. The summed E-state index contributed by atoms with van der Waals surface area (Å²) < 4.78 is 5.73. The highest BCUT2D eigenvalue weighted by molar-refractivity contribution is 6.04. The van der Waals surface area contributed by atoms with E-state index in [0.29, 0.717) is 23.6 Å². The fourth-order valence-electron chi connectivity index (χ4n) is 3.05. The monoisotopic (exact) mass is 415 g/mol. The number of para-hydroxylation sites is 1. The van der Waals surface area contributed by atoms with Crippen molar-refractivity contribution >= 4 is 22.7 Å². The zero-order valence-corrected chi connectivity index (χ0v) is 16.7. The molecule has 2 aromatic carbocycles. The maximum Gasteiger partial charge on any atom is 0.272 e. The average molecular weight is 415 g/mol. The lowest BCUT2D eigenvalue weighted by atomic mass is 10.2. The van der Waals surface area contributed by atoms with Gasteiger partial charge in [0.05, 0.1) is 5.52 Å². The van der Waals surface area contributed by atoms with Crippen molar-refractivity contribution in [2.75, 3.05) is 13.1 Å². The van der Waals surface area contributed by atoms with Crippen LogP contribution in [0.3, 0.4) is 0 Å². The number of nitrogens with one attached hydrogen (secondary N) is 3. The minimum Gasteiger partial charge on any atom is -0.489 e. The molecule has 0 saturated heterocycles. The van der Waals surface area contributed by atoms with Crippen LogP contribution in [-0.4, -0.2) is 40.1 Å². The van der Waals surface area contributed by atoms with E-state index in [1.807, 2.05) is 36.4 Å². The molecule has 0 aliphatic rings. The van der Waals surface area contributed by atoms with Gasteiger partial charge in [-0.05, 0) is 30.3 Å². The number of H-pyrrole nitrogens is 1. The Labute approximate surface area is 178 Å². The summed E-state index contributed by atoms with van der Waals surface area (Å²) in [6.45, 7) is 0.934. The lowest BCUT2D eigenvalue weighted by Gasteiger charge is -2.09. The number of carbonyl (C=O) groups is 2. The van der Waals surface area contributed by atoms with Crippen LogP contribution in [0.15, 0.2) is 73.1 Å². The number of aromatic amines is 1. The van der Waals surface area contributed by atoms with Gasteiger partial charge in [0.1, 0.15) is 12.4 Å². The highest BCUT2D eigenvalue weighted by Crippen LogP contribution is 2.16. The molecule has 4 aromatic rings. The number of ether oxygens (including phenoxy) is 1. The quantitative estimate of drug-likeness (QED) is 0.384. The Morgan fingerprint density at radius 3 is 2.61 bits per heavy atom. The van der Waals surface area contributed by atoms with Crippen LogP contribution in [0.4, 0.5) is 0 Å². The molecule has 31 heavy (non-hydrogen) atoms. The zero-order chi connectivity index (χ0) is 21.5. The second-order valence-electron chi connectivity index (χ2n) is 6.81. The Morgan fingerprint density at radius 2 is 1.77 bits per heavy atom. The predicted octanol–water partition coefficient (Wildman–Crippen LogP) is 2.70. The number of amides is 2. The Hall–Kier alpha value is -4.20. The molecular weight excluding hydrogens is 394 g/mol. The topological polar surface area (TPSA) is 109 Å². The summed E-state index contributed by atoms with van der Waals surface area (Å²) >= 11 is 0. The lowest BCUT2D eigenvalue weighted by molar-refractivity contribution is 0.0925. The van der Waals surface area contributed by atoms with Crippen LogP contribution in [0.5, 0.6) is 5.75 Å². The van der Waals surface area contributed by atoms with Crippen molar-refractivity contribution in [1.82, 2.24) is 25.8 Å². The van der Waals surface area contributed by atoms with Gasteiger partial charge in [0.25, 0.3) is 11.8 Å². The van der Waals surface area contributed by atoms with Gasteiger partial charge in [0, 0.05) is 42.0 Å². The van der Waals surface area contributed by atoms with Gasteiger partial charge in [-0.15, -0.1) is 0 Å². The van der Waals surface area contributed by atoms with E-state index in [-0.39, 0.29) is 24.9 Å². The first-order valence-electron chi connectivity index (χ1n) is 9.82. The van der Waals surface area contributed by atoms with Crippen LogP contribution in [0.25, 0.3) is 10.9 Å². The molecular formula is C23H21N5O3. The second-order valence-corrected chi connectivity index (χ2v) is 6.81. The molecule has 0 bridgehead atoms. The molecule has 8 heteroatoms. The molecule has 156 valence electrons. The van der Waals surface area contributed by atoms with Crippen LogP contribution < -0.4 is 15.4 Å². The highest BCUT2D eigenvalue weighted by Gasteiger charge is 2.13. The van der Waals surface area contributed by atoms with Crippen molar-refractivity contribution in [3.8, 4) is 5.75 Å². The fourth-order valence-corrected chi connectivity index (χ4v) is 3.05. The number of rotatable bonds is 8.